The van der Waals surface area contributed by atoms with Crippen LogP contribution in [0.25, 0.3) is 0 Å². The lowest BCUT2D eigenvalue weighted by Gasteiger charge is -2.40. The van der Waals surface area contributed by atoms with Crippen LogP contribution in [0.4, 0.5) is 0 Å². The number of nitrogens with two attached hydrogens (primary N) is 1. The first-order valence-corrected chi connectivity index (χ1v) is 9.50. The molecule has 1 atom stereocenters. The van der Waals surface area contributed by atoms with Gasteiger partial charge < -0.3 is 15.8 Å². The van der Waals surface area contributed by atoms with E-state index in [0.717, 1.165) is 62.8 Å². The van der Waals surface area contributed by atoms with Crippen molar-refractivity contribution in [2.24, 2.45) is 5.73 Å². The van der Waals surface area contributed by atoms with Crippen LogP contribution in [0, 0.1) is 0 Å². The number of benzene rings is 1. The third kappa shape index (κ3) is 5.11. The Bertz CT molecular complexity index is 558. The van der Waals surface area contributed by atoms with Crippen molar-refractivity contribution in [1.29, 1.82) is 0 Å². The number of amides is 1. The normalized spacial score (nSPS) is 20.4. The smallest absolute Gasteiger partial charge is 0.220 e. The predicted molar refractivity (Wildman–Crippen MR) is 103 cm³/mol. The van der Waals surface area contributed by atoms with E-state index in [0.29, 0.717) is 6.42 Å². The molecule has 1 saturated carbocycles. The second-order valence-electron chi connectivity index (χ2n) is 7.31. The zero-order chi connectivity index (χ0) is 16.8. The molecule has 1 aromatic carbocycles. The van der Waals surface area contributed by atoms with Gasteiger partial charge in [0.05, 0.1) is 6.04 Å². The molecule has 2 aliphatic rings. The van der Waals surface area contributed by atoms with Crippen LogP contribution in [0.15, 0.2) is 24.3 Å². The lowest BCUT2D eigenvalue weighted by atomic mass is 9.86. The van der Waals surface area contributed by atoms with Crippen molar-refractivity contribution in [1.82, 2.24) is 5.32 Å². The van der Waals surface area contributed by atoms with E-state index in [2.05, 4.69) is 11.4 Å². The van der Waals surface area contributed by atoms with E-state index in [1.54, 1.807) is 0 Å². The lowest BCUT2D eigenvalue weighted by Crippen LogP contribution is -2.43. The summed E-state index contributed by atoms with van der Waals surface area (Å²) in [4.78, 5) is 12.4. The molecule has 1 amide bonds. The standard InChI is InChI=1S/C20H30N2O2.ClH/c21-14-8-2-1-3-11-19(23)22-17-15-20(12-6-7-13-20)24-18-10-5-4-9-16(17)18;/h4-5,9-10,17H,1-3,6-8,11-15,21H2,(H,22,23);1H. The molecule has 0 aromatic heterocycles. The molecule has 1 aliphatic heterocycles. The highest BCUT2D eigenvalue weighted by Gasteiger charge is 2.43. The van der Waals surface area contributed by atoms with Crippen molar-refractivity contribution in [2.45, 2.75) is 75.9 Å². The fraction of sp³-hybridized carbons (Fsp3) is 0.650. The summed E-state index contributed by atoms with van der Waals surface area (Å²) >= 11 is 0. The van der Waals surface area contributed by atoms with Crippen molar-refractivity contribution in [3.05, 3.63) is 29.8 Å². The topological polar surface area (TPSA) is 64.4 Å². The average molecular weight is 367 g/mol. The number of hydrogen-bond acceptors (Lipinski definition) is 3. The van der Waals surface area contributed by atoms with Crippen molar-refractivity contribution in [2.75, 3.05) is 6.54 Å². The first-order chi connectivity index (χ1) is 11.7. The summed E-state index contributed by atoms with van der Waals surface area (Å²) in [5.74, 6) is 1.12. The number of carbonyl (C=O) groups is 1. The fourth-order valence-electron chi connectivity index (χ4n) is 4.12. The number of para-hydroxylation sites is 1. The van der Waals surface area contributed by atoms with Crippen molar-refractivity contribution < 1.29 is 9.53 Å². The second kappa shape index (κ2) is 9.44. The molecule has 4 nitrogen and oxygen atoms in total. The fourth-order valence-corrected chi connectivity index (χ4v) is 4.12. The molecule has 3 N–H and O–H groups in total. The highest BCUT2D eigenvalue weighted by molar-refractivity contribution is 5.85. The minimum absolute atomic E-state index is 0. The molecule has 0 radical (unpaired) electrons. The first kappa shape index (κ1) is 20.1. The van der Waals surface area contributed by atoms with Gasteiger partial charge in [-0.15, -0.1) is 12.4 Å². The van der Waals surface area contributed by atoms with E-state index in [1.165, 1.54) is 12.8 Å². The SMILES string of the molecule is Cl.NCCCCCCC(=O)NC1CC2(CCCC2)Oc2ccccc21. The van der Waals surface area contributed by atoms with Crippen molar-refractivity contribution in [3.8, 4) is 5.75 Å². The molecule has 25 heavy (non-hydrogen) atoms. The highest BCUT2D eigenvalue weighted by atomic mass is 35.5. The Morgan fingerprint density at radius 3 is 2.64 bits per heavy atom. The number of nitrogens with one attached hydrogen (secondary N) is 1. The van der Waals surface area contributed by atoms with Gasteiger partial charge >= 0.3 is 0 Å². The number of halogens is 1. The van der Waals surface area contributed by atoms with Gasteiger partial charge in [-0.1, -0.05) is 31.0 Å². The molecule has 0 saturated heterocycles. The highest BCUT2D eigenvalue weighted by Crippen LogP contribution is 2.46. The van der Waals surface area contributed by atoms with Crippen molar-refractivity contribution >= 4 is 18.3 Å². The third-order valence-corrected chi connectivity index (χ3v) is 5.40. The maximum atomic E-state index is 12.4. The van der Waals surface area contributed by atoms with Crippen LogP contribution in [0.3, 0.4) is 0 Å². The van der Waals surface area contributed by atoms with E-state index < -0.39 is 0 Å². The minimum Gasteiger partial charge on any atom is -0.487 e. The van der Waals surface area contributed by atoms with E-state index in [9.17, 15) is 4.79 Å². The minimum atomic E-state index is -0.0621. The summed E-state index contributed by atoms with van der Waals surface area (Å²) in [6, 6.07) is 8.26. The van der Waals surface area contributed by atoms with Gasteiger partial charge in [0.2, 0.25) is 5.91 Å². The molecule has 3 rings (SSSR count). The van der Waals surface area contributed by atoms with Gasteiger partial charge in [-0.2, -0.15) is 0 Å². The molecule has 1 fully saturated rings. The Hall–Kier alpha value is -1.26. The maximum absolute atomic E-state index is 12.4. The molecule has 1 aromatic rings. The van der Waals surface area contributed by atoms with Gasteiger partial charge in [0.1, 0.15) is 11.4 Å². The molecule has 1 spiro atoms. The maximum Gasteiger partial charge on any atom is 0.220 e. The first-order valence-electron chi connectivity index (χ1n) is 9.50. The number of ether oxygens (including phenoxy) is 1. The van der Waals surface area contributed by atoms with Crippen molar-refractivity contribution in [3.63, 3.8) is 0 Å². The summed E-state index contributed by atoms with van der Waals surface area (Å²) < 4.78 is 6.35. The van der Waals surface area contributed by atoms with Gasteiger partial charge in [-0.3, -0.25) is 4.79 Å². The van der Waals surface area contributed by atoms with Gasteiger partial charge in [0.25, 0.3) is 0 Å². The number of fused-ring (bicyclic) bond motifs is 1. The third-order valence-electron chi connectivity index (χ3n) is 5.40. The molecule has 1 heterocycles. The molecule has 1 unspecified atom stereocenters. The quantitative estimate of drug-likeness (QED) is 0.708. The molecular formula is C20H31ClN2O2. The number of rotatable bonds is 7. The summed E-state index contributed by atoms with van der Waals surface area (Å²) in [6.45, 7) is 0.743. The van der Waals surface area contributed by atoms with Gasteiger partial charge in [0, 0.05) is 18.4 Å². The predicted octanol–water partition coefficient (Wildman–Crippen LogP) is 4.27. The van der Waals surface area contributed by atoms with Crippen LogP contribution >= 0.6 is 12.4 Å². The Morgan fingerprint density at radius 1 is 1.16 bits per heavy atom. The van der Waals surface area contributed by atoms with Crippen LogP contribution in [-0.2, 0) is 4.79 Å². The van der Waals surface area contributed by atoms with Gasteiger partial charge in [-0.05, 0) is 51.1 Å². The van der Waals surface area contributed by atoms with Gasteiger partial charge in [0.15, 0.2) is 0 Å². The summed E-state index contributed by atoms with van der Waals surface area (Å²) in [5, 5.41) is 3.27. The zero-order valence-corrected chi connectivity index (χ0v) is 15.8. The van der Waals surface area contributed by atoms with E-state index >= 15 is 0 Å². The Kier molecular flexibility index (Phi) is 7.57. The zero-order valence-electron chi connectivity index (χ0n) is 15.0. The average Bonchev–Trinajstić information content (AvgIpc) is 3.02. The van der Waals surface area contributed by atoms with E-state index in [-0.39, 0.29) is 30.0 Å². The molecule has 0 bridgehead atoms. The summed E-state index contributed by atoms with van der Waals surface area (Å²) in [7, 11) is 0. The van der Waals surface area contributed by atoms with Gasteiger partial charge in [-0.25, -0.2) is 0 Å². The van der Waals surface area contributed by atoms with Crippen LogP contribution in [-0.4, -0.2) is 18.1 Å². The Labute approximate surface area is 157 Å². The monoisotopic (exact) mass is 366 g/mol. The van der Waals surface area contributed by atoms with Crippen LogP contribution in [0.2, 0.25) is 0 Å². The Morgan fingerprint density at radius 2 is 1.88 bits per heavy atom. The largest absolute Gasteiger partial charge is 0.487 e. The summed E-state index contributed by atoms with van der Waals surface area (Å²) in [5.41, 5.74) is 6.57. The number of unbranched alkanes of at least 4 members (excludes halogenated alkanes) is 3. The van der Waals surface area contributed by atoms with Crippen LogP contribution in [0.1, 0.15) is 75.8 Å². The lowest BCUT2D eigenvalue weighted by molar-refractivity contribution is -0.122. The molecular weight excluding hydrogens is 336 g/mol. The molecule has 1 aliphatic carbocycles. The Balaban J connectivity index is 0.00000225. The molecule has 5 heteroatoms. The van der Waals surface area contributed by atoms with Crippen LogP contribution in [0.5, 0.6) is 5.75 Å². The number of hydrogen-bond donors (Lipinski definition) is 2. The number of carbonyl (C=O) groups excluding carboxylic acids is 1. The molecule has 140 valence electrons. The van der Waals surface area contributed by atoms with E-state index in [1.807, 2.05) is 18.2 Å². The van der Waals surface area contributed by atoms with E-state index in [4.69, 9.17) is 10.5 Å². The second-order valence-corrected chi connectivity index (χ2v) is 7.31. The van der Waals surface area contributed by atoms with Crippen LogP contribution < -0.4 is 15.8 Å². The summed E-state index contributed by atoms with van der Waals surface area (Å²) in [6.07, 6.45) is 10.4.